The molecule has 0 aromatic heterocycles. The molecule has 0 unspecified atom stereocenters. The van der Waals surface area contributed by atoms with Crippen LogP contribution in [0.4, 0.5) is 18.9 Å². The van der Waals surface area contributed by atoms with Crippen LogP contribution in [0.15, 0.2) is 58.1 Å². The average molecular weight is 442 g/mol. The standard InChI is InChI=1S/C18H15BrF3N3O2/c19-14-6-4-12(5-7-14)11-23-25-17(27)9-8-16(26)24-15-3-1-2-13(10-15)18(20,21)22/h1-7,10-11H,8-9H2,(H,24,26)(H,25,27)/b23-11+. The Morgan fingerprint density at radius 1 is 1.04 bits per heavy atom. The van der Waals surface area contributed by atoms with Crippen LogP contribution in [0.25, 0.3) is 0 Å². The lowest BCUT2D eigenvalue weighted by Crippen LogP contribution is -2.20. The molecule has 0 saturated heterocycles. The molecule has 0 bridgehead atoms. The fourth-order valence-corrected chi connectivity index (χ4v) is 2.27. The number of hydrazone groups is 1. The van der Waals surface area contributed by atoms with Crippen molar-refractivity contribution in [3.05, 3.63) is 64.1 Å². The highest BCUT2D eigenvalue weighted by Gasteiger charge is 2.30. The van der Waals surface area contributed by atoms with E-state index in [4.69, 9.17) is 0 Å². The number of hydrogen-bond donors (Lipinski definition) is 2. The van der Waals surface area contributed by atoms with Crippen molar-refractivity contribution in [1.29, 1.82) is 0 Å². The minimum absolute atomic E-state index is 0.0171. The highest BCUT2D eigenvalue weighted by molar-refractivity contribution is 9.10. The molecule has 0 aliphatic heterocycles. The monoisotopic (exact) mass is 441 g/mol. The molecule has 0 fully saturated rings. The van der Waals surface area contributed by atoms with Crippen molar-refractivity contribution < 1.29 is 22.8 Å². The van der Waals surface area contributed by atoms with Crippen LogP contribution in [0.2, 0.25) is 0 Å². The zero-order valence-corrected chi connectivity index (χ0v) is 15.5. The summed E-state index contributed by atoms with van der Waals surface area (Å²) in [5.41, 5.74) is 2.22. The van der Waals surface area contributed by atoms with Crippen LogP contribution in [-0.4, -0.2) is 18.0 Å². The minimum Gasteiger partial charge on any atom is -0.326 e. The van der Waals surface area contributed by atoms with Crippen molar-refractivity contribution in [3.63, 3.8) is 0 Å². The van der Waals surface area contributed by atoms with Gasteiger partial charge in [-0.25, -0.2) is 5.43 Å². The molecule has 0 atom stereocenters. The lowest BCUT2D eigenvalue weighted by Gasteiger charge is -2.09. The maximum absolute atomic E-state index is 12.6. The number of alkyl halides is 3. The average Bonchev–Trinajstić information content (AvgIpc) is 2.61. The fourth-order valence-electron chi connectivity index (χ4n) is 2.01. The molecular weight excluding hydrogens is 427 g/mol. The highest BCUT2D eigenvalue weighted by Crippen LogP contribution is 2.30. The number of carbonyl (C=O) groups excluding carboxylic acids is 2. The van der Waals surface area contributed by atoms with E-state index in [2.05, 4.69) is 31.8 Å². The van der Waals surface area contributed by atoms with Gasteiger partial charge in [0.1, 0.15) is 0 Å². The molecule has 0 heterocycles. The van der Waals surface area contributed by atoms with Gasteiger partial charge in [0.2, 0.25) is 11.8 Å². The number of amides is 2. The van der Waals surface area contributed by atoms with Crippen molar-refractivity contribution in [3.8, 4) is 0 Å². The fraction of sp³-hybridized carbons (Fsp3) is 0.167. The molecule has 0 aliphatic carbocycles. The number of carbonyl (C=O) groups is 2. The van der Waals surface area contributed by atoms with E-state index < -0.39 is 23.6 Å². The van der Waals surface area contributed by atoms with Crippen LogP contribution in [0.1, 0.15) is 24.0 Å². The van der Waals surface area contributed by atoms with Gasteiger partial charge in [-0.05, 0) is 35.9 Å². The zero-order valence-electron chi connectivity index (χ0n) is 13.9. The molecule has 2 amide bonds. The van der Waals surface area contributed by atoms with E-state index in [1.807, 2.05) is 12.1 Å². The van der Waals surface area contributed by atoms with Gasteiger partial charge in [-0.15, -0.1) is 0 Å². The van der Waals surface area contributed by atoms with Crippen LogP contribution in [0.3, 0.4) is 0 Å². The van der Waals surface area contributed by atoms with Crippen molar-refractivity contribution in [2.45, 2.75) is 19.0 Å². The summed E-state index contributed by atoms with van der Waals surface area (Å²) in [6.07, 6.45) is -3.38. The Balaban J connectivity index is 1.78. The Morgan fingerprint density at radius 2 is 1.70 bits per heavy atom. The molecule has 2 rings (SSSR count). The van der Waals surface area contributed by atoms with Gasteiger partial charge in [0.05, 0.1) is 11.8 Å². The lowest BCUT2D eigenvalue weighted by molar-refractivity contribution is -0.137. The first-order valence-corrected chi connectivity index (χ1v) is 8.58. The summed E-state index contributed by atoms with van der Waals surface area (Å²) in [4.78, 5) is 23.5. The molecule has 2 aromatic carbocycles. The second kappa shape index (κ2) is 9.31. The second-order valence-electron chi connectivity index (χ2n) is 5.47. The van der Waals surface area contributed by atoms with Crippen LogP contribution in [0.5, 0.6) is 0 Å². The number of anilines is 1. The van der Waals surface area contributed by atoms with Gasteiger partial charge in [-0.2, -0.15) is 18.3 Å². The van der Waals surface area contributed by atoms with Gasteiger partial charge in [-0.1, -0.05) is 34.1 Å². The number of halogens is 4. The molecule has 2 N–H and O–H groups in total. The molecule has 5 nitrogen and oxygen atoms in total. The first kappa shape index (κ1) is 20.6. The molecule has 27 heavy (non-hydrogen) atoms. The van der Waals surface area contributed by atoms with E-state index >= 15 is 0 Å². The predicted octanol–water partition coefficient (Wildman–Crippen LogP) is 4.34. The molecule has 0 aliphatic rings. The lowest BCUT2D eigenvalue weighted by atomic mass is 10.2. The summed E-state index contributed by atoms with van der Waals surface area (Å²) in [5, 5.41) is 6.11. The molecule has 0 saturated carbocycles. The van der Waals surface area contributed by atoms with Gasteiger partial charge in [0.25, 0.3) is 0 Å². The molecular formula is C18H15BrF3N3O2. The second-order valence-corrected chi connectivity index (χ2v) is 6.39. The highest BCUT2D eigenvalue weighted by atomic mass is 79.9. The van der Waals surface area contributed by atoms with E-state index in [1.165, 1.54) is 18.3 Å². The summed E-state index contributed by atoms with van der Waals surface area (Å²) in [6.45, 7) is 0. The van der Waals surface area contributed by atoms with Crippen LogP contribution in [0, 0.1) is 0 Å². The number of benzene rings is 2. The summed E-state index contributed by atoms with van der Waals surface area (Å²) in [6, 6.07) is 11.5. The molecule has 2 aromatic rings. The minimum atomic E-state index is -4.49. The first-order valence-electron chi connectivity index (χ1n) is 7.78. The maximum atomic E-state index is 12.6. The van der Waals surface area contributed by atoms with Crippen molar-refractivity contribution in [2.24, 2.45) is 5.10 Å². The third kappa shape index (κ3) is 7.22. The van der Waals surface area contributed by atoms with Crippen LogP contribution >= 0.6 is 15.9 Å². The smallest absolute Gasteiger partial charge is 0.326 e. The van der Waals surface area contributed by atoms with E-state index in [0.29, 0.717) is 0 Å². The van der Waals surface area contributed by atoms with Gasteiger partial charge in [-0.3, -0.25) is 9.59 Å². The zero-order chi connectivity index (χ0) is 19.9. The quantitative estimate of drug-likeness (QED) is 0.517. The van der Waals surface area contributed by atoms with Crippen molar-refractivity contribution in [2.75, 3.05) is 5.32 Å². The van der Waals surface area contributed by atoms with Gasteiger partial charge < -0.3 is 5.32 Å². The van der Waals surface area contributed by atoms with Crippen molar-refractivity contribution >= 4 is 39.6 Å². The first-order chi connectivity index (χ1) is 12.7. The topological polar surface area (TPSA) is 70.6 Å². The third-order valence-corrected chi connectivity index (χ3v) is 3.85. The van der Waals surface area contributed by atoms with Gasteiger partial charge in [0, 0.05) is 23.0 Å². The maximum Gasteiger partial charge on any atom is 0.416 e. The Labute approximate surface area is 161 Å². The van der Waals surface area contributed by atoms with Crippen molar-refractivity contribution in [1.82, 2.24) is 5.43 Å². The Morgan fingerprint density at radius 3 is 2.37 bits per heavy atom. The largest absolute Gasteiger partial charge is 0.416 e. The van der Waals surface area contributed by atoms with Crippen LogP contribution < -0.4 is 10.7 Å². The Bertz CT molecular complexity index is 836. The predicted molar refractivity (Wildman–Crippen MR) is 99.2 cm³/mol. The number of nitrogens with one attached hydrogen (secondary N) is 2. The molecule has 142 valence electrons. The summed E-state index contributed by atoms with van der Waals surface area (Å²) in [5.74, 6) is -1.05. The van der Waals surface area contributed by atoms with Gasteiger partial charge >= 0.3 is 6.18 Å². The summed E-state index contributed by atoms with van der Waals surface area (Å²) < 4.78 is 38.8. The van der Waals surface area contributed by atoms with E-state index in [1.54, 1.807) is 12.1 Å². The van der Waals surface area contributed by atoms with Crippen LogP contribution in [-0.2, 0) is 15.8 Å². The number of hydrogen-bond acceptors (Lipinski definition) is 3. The van der Waals surface area contributed by atoms with E-state index in [0.717, 1.165) is 22.2 Å². The molecule has 0 radical (unpaired) electrons. The Hall–Kier alpha value is -2.68. The van der Waals surface area contributed by atoms with E-state index in [-0.39, 0.29) is 18.5 Å². The number of rotatable bonds is 6. The summed E-state index contributed by atoms with van der Waals surface area (Å²) in [7, 11) is 0. The molecule has 0 spiro atoms. The normalized spacial score (nSPS) is 11.4. The SMILES string of the molecule is O=C(CCC(=O)Nc1cccc(C(F)(F)F)c1)N/N=C/c1ccc(Br)cc1. The third-order valence-electron chi connectivity index (χ3n) is 3.33. The summed E-state index contributed by atoms with van der Waals surface area (Å²) >= 11 is 3.30. The molecule has 9 heteroatoms. The number of nitrogens with zero attached hydrogens (tertiary/aromatic N) is 1. The van der Waals surface area contributed by atoms with E-state index in [9.17, 15) is 22.8 Å². The van der Waals surface area contributed by atoms with Gasteiger partial charge in [0.15, 0.2) is 0 Å². The Kier molecular flexibility index (Phi) is 7.12.